The van der Waals surface area contributed by atoms with Crippen LogP contribution in [-0.4, -0.2) is 20.0 Å². The molecule has 5 aromatic rings. The van der Waals surface area contributed by atoms with Crippen molar-refractivity contribution in [1.82, 2.24) is 20.0 Å². The fraction of sp³-hybridized carbons (Fsp3) is 0.0385. The van der Waals surface area contributed by atoms with Crippen molar-refractivity contribution in [3.63, 3.8) is 0 Å². The van der Waals surface area contributed by atoms with Gasteiger partial charge in [-0.2, -0.15) is 20.1 Å². The molecule has 1 aliphatic heterocycles. The van der Waals surface area contributed by atoms with Crippen LogP contribution < -0.4 is 10.5 Å². The average molecular weight is 446 g/mol. The van der Waals surface area contributed by atoms with Crippen LogP contribution in [0.15, 0.2) is 101 Å². The van der Waals surface area contributed by atoms with Gasteiger partial charge in [-0.05, 0) is 29.8 Å². The Morgan fingerprint density at radius 2 is 1.76 bits per heavy atom. The lowest BCUT2D eigenvalue weighted by atomic mass is 9.83. The molecule has 1 unspecified atom stereocenters. The van der Waals surface area contributed by atoms with E-state index in [4.69, 9.17) is 20.0 Å². The van der Waals surface area contributed by atoms with Gasteiger partial charge >= 0.3 is 0 Å². The van der Waals surface area contributed by atoms with Crippen LogP contribution in [0.3, 0.4) is 0 Å². The highest BCUT2D eigenvalue weighted by molar-refractivity contribution is 5.73. The monoisotopic (exact) mass is 446 g/mol. The molecule has 0 fully saturated rings. The number of H-pyrrole nitrogens is 1. The Morgan fingerprint density at radius 3 is 2.47 bits per heavy atom. The van der Waals surface area contributed by atoms with Gasteiger partial charge < -0.3 is 14.9 Å². The van der Waals surface area contributed by atoms with Crippen LogP contribution in [0, 0.1) is 11.3 Å². The number of aromatic nitrogens is 4. The molecule has 1 atom stereocenters. The average Bonchev–Trinajstić information content (AvgIpc) is 3.64. The molecule has 164 valence electrons. The van der Waals surface area contributed by atoms with Crippen molar-refractivity contribution >= 4 is 0 Å². The SMILES string of the molecule is N#CC1=C(N)Oc2c(c(-c3ccco3)nn2-c2ccccc2)C1c1cn[nH]c1-c1ccccc1. The van der Waals surface area contributed by atoms with Gasteiger partial charge in [0, 0.05) is 5.56 Å². The number of fused-ring (bicyclic) bond motifs is 1. The van der Waals surface area contributed by atoms with Crippen molar-refractivity contribution in [2.24, 2.45) is 5.73 Å². The lowest BCUT2D eigenvalue weighted by molar-refractivity contribution is 0.367. The Kier molecular flexibility index (Phi) is 4.52. The van der Waals surface area contributed by atoms with Crippen LogP contribution in [0.5, 0.6) is 5.88 Å². The summed E-state index contributed by atoms with van der Waals surface area (Å²) < 4.78 is 13.4. The maximum Gasteiger partial charge on any atom is 0.229 e. The molecule has 0 spiro atoms. The molecule has 0 amide bonds. The Balaban J connectivity index is 1.65. The van der Waals surface area contributed by atoms with Gasteiger partial charge in [-0.15, -0.1) is 0 Å². The largest absolute Gasteiger partial charge is 0.463 e. The van der Waals surface area contributed by atoms with Crippen molar-refractivity contribution in [2.75, 3.05) is 0 Å². The second-order valence-corrected chi connectivity index (χ2v) is 7.78. The van der Waals surface area contributed by atoms with Gasteiger partial charge in [0.1, 0.15) is 17.3 Å². The van der Waals surface area contributed by atoms with Gasteiger partial charge in [-0.25, -0.2) is 0 Å². The molecule has 0 aliphatic carbocycles. The molecule has 2 aromatic carbocycles. The zero-order valence-corrected chi connectivity index (χ0v) is 17.8. The smallest absolute Gasteiger partial charge is 0.229 e. The minimum absolute atomic E-state index is 0.0308. The second-order valence-electron chi connectivity index (χ2n) is 7.78. The summed E-state index contributed by atoms with van der Waals surface area (Å²) in [6.45, 7) is 0. The third-order valence-corrected chi connectivity index (χ3v) is 5.85. The summed E-state index contributed by atoms with van der Waals surface area (Å²) in [4.78, 5) is 0. The number of rotatable bonds is 4. The lowest BCUT2D eigenvalue weighted by Gasteiger charge is -2.24. The van der Waals surface area contributed by atoms with Gasteiger partial charge in [0.25, 0.3) is 0 Å². The molecule has 1 aliphatic rings. The predicted molar refractivity (Wildman–Crippen MR) is 125 cm³/mol. The zero-order chi connectivity index (χ0) is 23.1. The van der Waals surface area contributed by atoms with Crippen LogP contribution in [0.25, 0.3) is 28.4 Å². The molecule has 3 aromatic heterocycles. The highest BCUT2D eigenvalue weighted by atomic mass is 16.5. The van der Waals surface area contributed by atoms with E-state index in [1.54, 1.807) is 23.2 Å². The number of nitrogens with one attached hydrogen (secondary N) is 1. The fourth-order valence-electron chi connectivity index (χ4n) is 4.34. The summed E-state index contributed by atoms with van der Waals surface area (Å²) in [7, 11) is 0. The third kappa shape index (κ3) is 2.99. The van der Waals surface area contributed by atoms with Crippen LogP contribution >= 0.6 is 0 Å². The number of para-hydroxylation sites is 1. The summed E-state index contributed by atoms with van der Waals surface area (Å²) in [6.07, 6.45) is 3.31. The van der Waals surface area contributed by atoms with Crippen molar-refractivity contribution in [3.8, 4) is 40.3 Å². The molecule has 0 saturated carbocycles. The van der Waals surface area contributed by atoms with E-state index in [2.05, 4.69) is 16.3 Å². The summed E-state index contributed by atoms with van der Waals surface area (Å²) >= 11 is 0. The molecule has 4 heterocycles. The number of allylic oxidation sites excluding steroid dienone is 1. The van der Waals surface area contributed by atoms with E-state index in [0.717, 1.165) is 22.5 Å². The predicted octanol–water partition coefficient (Wildman–Crippen LogP) is 4.74. The number of aromatic amines is 1. The van der Waals surface area contributed by atoms with Gasteiger partial charge in [0.15, 0.2) is 5.76 Å². The van der Waals surface area contributed by atoms with E-state index in [9.17, 15) is 5.26 Å². The number of hydrogen-bond donors (Lipinski definition) is 2. The number of nitrogens with zero attached hydrogens (tertiary/aromatic N) is 4. The van der Waals surface area contributed by atoms with E-state index < -0.39 is 5.92 Å². The lowest BCUT2D eigenvalue weighted by Crippen LogP contribution is -2.22. The normalized spacial score (nSPS) is 15.0. The zero-order valence-electron chi connectivity index (χ0n) is 17.8. The van der Waals surface area contributed by atoms with Crippen molar-refractivity contribution in [2.45, 2.75) is 5.92 Å². The number of furan rings is 1. The Morgan fingerprint density at radius 1 is 1.00 bits per heavy atom. The molecule has 34 heavy (non-hydrogen) atoms. The van der Waals surface area contributed by atoms with Gasteiger partial charge in [-0.3, -0.25) is 5.10 Å². The van der Waals surface area contributed by atoms with E-state index in [-0.39, 0.29) is 11.5 Å². The minimum Gasteiger partial charge on any atom is -0.463 e. The molecule has 0 radical (unpaired) electrons. The number of ether oxygens (including phenoxy) is 1. The van der Waals surface area contributed by atoms with E-state index >= 15 is 0 Å². The first-order chi connectivity index (χ1) is 16.8. The van der Waals surface area contributed by atoms with Gasteiger partial charge in [-0.1, -0.05) is 48.5 Å². The van der Waals surface area contributed by atoms with Gasteiger partial charge in [0.2, 0.25) is 11.8 Å². The molecule has 3 N–H and O–H groups in total. The maximum absolute atomic E-state index is 10.1. The molecular weight excluding hydrogens is 428 g/mol. The maximum atomic E-state index is 10.1. The number of nitrogens with two attached hydrogens (primary N) is 1. The topological polar surface area (TPSA) is 119 Å². The summed E-state index contributed by atoms with van der Waals surface area (Å²) in [5, 5.41) is 22.4. The summed E-state index contributed by atoms with van der Waals surface area (Å²) in [6, 6.07) is 25.3. The Hall–Kier alpha value is -5.03. The second kappa shape index (κ2) is 7.83. The number of benzene rings is 2. The molecular formula is C26H18N6O2. The summed E-state index contributed by atoms with van der Waals surface area (Å²) in [5.74, 6) is 0.449. The molecule has 8 heteroatoms. The third-order valence-electron chi connectivity index (χ3n) is 5.85. The first-order valence-electron chi connectivity index (χ1n) is 10.6. The molecule has 6 rings (SSSR count). The van der Waals surface area contributed by atoms with Crippen LogP contribution in [0.2, 0.25) is 0 Å². The molecule has 0 saturated heterocycles. The fourth-order valence-corrected chi connectivity index (χ4v) is 4.34. The highest BCUT2D eigenvalue weighted by Crippen LogP contribution is 2.49. The Labute approximate surface area is 194 Å². The van der Waals surface area contributed by atoms with E-state index in [1.165, 1.54) is 0 Å². The number of nitriles is 1. The van der Waals surface area contributed by atoms with Crippen LogP contribution in [-0.2, 0) is 0 Å². The van der Waals surface area contributed by atoms with Crippen molar-refractivity contribution in [1.29, 1.82) is 5.26 Å². The van der Waals surface area contributed by atoms with Crippen LogP contribution in [0.4, 0.5) is 0 Å². The van der Waals surface area contributed by atoms with E-state index in [1.807, 2.05) is 66.7 Å². The van der Waals surface area contributed by atoms with Crippen molar-refractivity contribution < 1.29 is 9.15 Å². The van der Waals surface area contributed by atoms with Crippen LogP contribution in [0.1, 0.15) is 17.0 Å². The minimum atomic E-state index is -0.569. The van der Waals surface area contributed by atoms with Gasteiger partial charge in [0.05, 0.1) is 35.3 Å². The molecule has 8 nitrogen and oxygen atoms in total. The summed E-state index contributed by atoms with van der Waals surface area (Å²) in [5.41, 5.74) is 11.1. The molecule has 0 bridgehead atoms. The van der Waals surface area contributed by atoms with Crippen molar-refractivity contribution in [3.05, 3.63) is 108 Å². The van der Waals surface area contributed by atoms with E-state index in [0.29, 0.717) is 22.9 Å². The first-order valence-corrected chi connectivity index (χ1v) is 10.6. The number of hydrogen-bond acceptors (Lipinski definition) is 6. The Bertz CT molecular complexity index is 1540. The quantitative estimate of drug-likeness (QED) is 0.412. The standard InChI is InChI=1S/C26H18N6O2/c27-14-18-21(19-15-29-30-23(19)16-8-3-1-4-9-16)22-24(20-12-7-13-33-20)31-32(26(22)34-25(18)28)17-10-5-2-6-11-17/h1-13,15,21H,28H2,(H,29,30). The first kappa shape index (κ1) is 19.6. The highest BCUT2D eigenvalue weighted by Gasteiger charge is 2.40.